The summed E-state index contributed by atoms with van der Waals surface area (Å²) in [6.45, 7) is 6.97. The SMILES string of the molecule is C[Si]1(C)C2=CC(=O)C=CC2=Nc2ccc(N3CCCCC3)cc21. The van der Waals surface area contributed by atoms with Gasteiger partial charge in [-0.1, -0.05) is 13.1 Å². The van der Waals surface area contributed by atoms with Crippen LogP contribution in [0.25, 0.3) is 0 Å². The molecule has 0 spiro atoms. The fourth-order valence-electron chi connectivity index (χ4n) is 3.86. The van der Waals surface area contributed by atoms with Crippen molar-refractivity contribution in [1.82, 2.24) is 0 Å². The summed E-state index contributed by atoms with van der Waals surface area (Å²) < 4.78 is 0. The quantitative estimate of drug-likeness (QED) is 0.587. The van der Waals surface area contributed by atoms with Gasteiger partial charge in [0.25, 0.3) is 0 Å². The number of nitrogens with zero attached hydrogens (tertiary/aromatic N) is 2. The van der Waals surface area contributed by atoms with Crippen molar-refractivity contribution in [3.05, 3.63) is 41.6 Å². The molecule has 3 nitrogen and oxygen atoms in total. The summed E-state index contributed by atoms with van der Waals surface area (Å²) >= 11 is 0. The van der Waals surface area contributed by atoms with Gasteiger partial charge in [0.05, 0.1) is 11.4 Å². The van der Waals surface area contributed by atoms with E-state index in [0.29, 0.717) is 0 Å². The van der Waals surface area contributed by atoms with E-state index in [1.807, 2.05) is 12.2 Å². The van der Waals surface area contributed by atoms with Crippen LogP contribution in [0, 0.1) is 0 Å². The van der Waals surface area contributed by atoms with Gasteiger partial charge in [-0.2, -0.15) is 0 Å². The van der Waals surface area contributed by atoms with Crippen LogP contribution in [-0.4, -0.2) is 32.7 Å². The highest BCUT2D eigenvalue weighted by molar-refractivity contribution is 7.01. The molecule has 4 rings (SSSR count). The largest absolute Gasteiger partial charge is 0.372 e. The number of ketones is 1. The third kappa shape index (κ3) is 2.41. The zero-order valence-corrected chi connectivity index (χ0v) is 14.8. The Morgan fingerprint density at radius 3 is 2.65 bits per heavy atom. The molecule has 0 amide bonds. The van der Waals surface area contributed by atoms with Gasteiger partial charge in [-0.15, -0.1) is 0 Å². The van der Waals surface area contributed by atoms with Crippen molar-refractivity contribution in [3.8, 4) is 0 Å². The molecule has 1 aromatic carbocycles. The maximum absolute atomic E-state index is 11.8. The van der Waals surface area contributed by atoms with E-state index in [1.165, 1.54) is 35.3 Å². The van der Waals surface area contributed by atoms with Gasteiger partial charge in [0.1, 0.15) is 8.07 Å². The topological polar surface area (TPSA) is 32.7 Å². The molecule has 0 atom stereocenters. The summed E-state index contributed by atoms with van der Waals surface area (Å²) in [5, 5.41) is 2.53. The van der Waals surface area contributed by atoms with Gasteiger partial charge in [-0.3, -0.25) is 4.79 Å². The summed E-state index contributed by atoms with van der Waals surface area (Å²) in [5.41, 5.74) is 3.40. The Morgan fingerprint density at radius 2 is 1.87 bits per heavy atom. The molecular weight excluding hydrogens is 300 g/mol. The molecule has 118 valence electrons. The van der Waals surface area contributed by atoms with E-state index >= 15 is 0 Å². The standard InChI is InChI=1S/C19H22N2OSi/c1-23(2)18-12-14(21-10-4-3-5-11-21)6-8-16(18)20-17-9-7-15(22)13-19(17)23/h6-9,12-13H,3-5,10-11H2,1-2H3. The van der Waals surface area contributed by atoms with Gasteiger partial charge in [-0.25, -0.2) is 4.99 Å². The maximum atomic E-state index is 11.8. The van der Waals surface area contributed by atoms with E-state index in [1.54, 1.807) is 6.08 Å². The van der Waals surface area contributed by atoms with Crippen LogP contribution < -0.4 is 10.1 Å². The molecule has 4 heteroatoms. The van der Waals surface area contributed by atoms with Gasteiger partial charge in [-0.05, 0) is 66.1 Å². The summed E-state index contributed by atoms with van der Waals surface area (Å²) in [6.07, 6.45) is 9.22. The number of allylic oxidation sites excluding steroid dienone is 4. The number of aliphatic imine (C=N–C) groups is 1. The molecule has 2 heterocycles. The smallest absolute Gasteiger partial charge is 0.178 e. The first-order valence-corrected chi connectivity index (χ1v) is 11.5. The van der Waals surface area contributed by atoms with E-state index in [-0.39, 0.29) is 5.78 Å². The molecule has 23 heavy (non-hydrogen) atoms. The van der Waals surface area contributed by atoms with Crippen molar-refractivity contribution in [3.63, 3.8) is 0 Å². The molecule has 1 aromatic rings. The maximum Gasteiger partial charge on any atom is 0.178 e. The molecule has 2 aliphatic heterocycles. The second-order valence-corrected chi connectivity index (χ2v) is 11.5. The number of carbonyl (C=O) groups excluding carboxylic acids is 1. The highest BCUT2D eigenvalue weighted by atomic mass is 28.3. The third-order valence-corrected chi connectivity index (χ3v) is 8.75. The average molecular weight is 322 g/mol. The second kappa shape index (κ2) is 5.30. The van der Waals surface area contributed by atoms with Gasteiger partial charge in [0.15, 0.2) is 5.78 Å². The Morgan fingerprint density at radius 1 is 1.09 bits per heavy atom. The van der Waals surface area contributed by atoms with Crippen LogP contribution in [0.2, 0.25) is 13.1 Å². The van der Waals surface area contributed by atoms with E-state index < -0.39 is 8.07 Å². The monoisotopic (exact) mass is 322 g/mol. The Labute approximate surface area is 138 Å². The number of piperidine rings is 1. The van der Waals surface area contributed by atoms with Crippen LogP contribution in [0.15, 0.2) is 46.6 Å². The Hall–Kier alpha value is -1.94. The average Bonchev–Trinajstić information content (AvgIpc) is 2.56. The predicted octanol–water partition coefficient (Wildman–Crippen LogP) is 3.28. The first-order valence-electron chi connectivity index (χ1n) is 8.48. The molecule has 0 aromatic heterocycles. The van der Waals surface area contributed by atoms with Crippen molar-refractivity contribution in [2.24, 2.45) is 4.99 Å². The molecule has 1 fully saturated rings. The molecule has 0 bridgehead atoms. The lowest BCUT2D eigenvalue weighted by Crippen LogP contribution is -2.49. The second-order valence-electron chi connectivity index (χ2n) is 7.16. The normalized spacial score (nSPS) is 22.2. The molecule has 0 unspecified atom stereocenters. The van der Waals surface area contributed by atoms with Gasteiger partial charge < -0.3 is 4.90 Å². The number of rotatable bonds is 1. The number of fused-ring (bicyclic) bond motifs is 2. The first kappa shape index (κ1) is 14.6. The molecule has 0 N–H and O–H groups in total. The van der Waals surface area contributed by atoms with E-state index in [2.05, 4.69) is 36.2 Å². The number of hydrogen-bond acceptors (Lipinski definition) is 3. The van der Waals surface area contributed by atoms with Crippen molar-refractivity contribution in [2.75, 3.05) is 18.0 Å². The fourth-order valence-corrected chi connectivity index (χ4v) is 6.72. The van der Waals surface area contributed by atoms with Crippen molar-refractivity contribution in [1.29, 1.82) is 0 Å². The number of hydrogen-bond donors (Lipinski definition) is 0. The van der Waals surface area contributed by atoms with E-state index in [9.17, 15) is 4.79 Å². The highest BCUT2D eigenvalue weighted by Crippen LogP contribution is 2.32. The molecule has 3 aliphatic rings. The van der Waals surface area contributed by atoms with Crippen LogP contribution in [0.4, 0.5) is 11.4 Å². The van der Waals surface area contributed by atoms with Crippen molar-refractivity contribution < 1.29 is 4.79 Å². The minimum Gasteiger partial charge on any atom is -0.372 e. The third-order valence-electron chi connectivity index (χ3n) is 5.26. The summed E-state index contributed by atoms with van der Waals surface area (Å²) in [4.78, 5) is 19.1. The summed E-state index contributed by atoms with van der Waals surface area (Å²) in [5.74, 6) is 0.0927. The summed E-state index contributed by atoms with van der Waals surface area (Å²) in [7, 11) is -1.88. The molecule has 1 aliphatic carbocycles. The van der Waals surface area contributed by atoms with Gasteiger partial charge in [0, 0.05) is 18.8 Å². The zero-order chi connectivity index (χ0) is 16.0. The lowest BCUT2D eigenvalue weighted by molar-refractivity contribution is -0.110. The Kier molecular flexibility index (Phi) is 3.38. The lowest BCUT2D eigenvalue weighted by atomic mass is 10.1. The molecule has 1 saturated heterocycles. The van der Waals surface area contributed by atoms with Gasteiger partial charge in [0.2, 0.25) is 0 Å². The predicted molar refractivity (Wildman–Crippen MR) is 98.9 cm³/mol. The van der Waals surface area contributed by atoms with Crippen LogP contribution in [0.1, 0.15) is 19.3 Å². The summed E-state index contributed by atoms with van der Waals surface area (Å²) in [6, 6.07) is 6.73. The zero-order valence-electron chi connectivity index (χ0n) is 13.8. The fraction of sp³-hybridized carbons (Fsp3) is 0.368. The highest BCUT2D eigenvalue weighted by Gasteiger charge is 2.37. The van der Waals surface area contributed by atoms with Crippen LogP contribution in [0.5, 0.6) is 0 Å². The molecular formula is C19H22N2OSi. The Bertz CT molecular complexity index is 768. The number of benzene rings is 1. The van der Waals surface area contributed by atoms with Crippen LogP contribution >= 0.6 is 0 Å². The minimum atomic E-state index is -1.88. The van der Waals surface area contributed by atoms with E-state index in [4.69, 9.17) is 4.99 Å². The first-order chi connectivity index (χ1) is 11.1. The minimum absolute atomic E-state index is 0.0927. The van der Waals surface area contributed by atoms with Crippen LogP contribution in [0.3, 0.4) is 0 Å². The molecule has 0 saturated carbocycles. The Balaban J connectivity index is 1.81. The molecule has 0 radical (unpaired) electrons. The lowest BCUT2D eigenvalue weighted by Gasteiger charge is -2.35. The van der Waals surface area contributed by atoms with Gasteiger partial charge >= 0.3 is 0 Å². The number of carbonyl (C=O) groups is 1. The van der Waals surface area contributed by atoms with Crippen LogP contribution in [-0.2, 0) is 4.79 Å². The van der Waals surface area contributed by atoms with E-state index in [0.717, 1.165) is 24.5 Å². The number of anilines is 1. The van der Waals surface area contributed by atoms with Crippen molar-refractivity contribution in [2.45, 2.75) is 32.4 Å². The van der Waals surface area contributed by atoms with Crippen molar-refractivity contribution >= 4 is 36.1 Å².